The highest BCUT2D eigenvalue weighted by Crippen LogP contribution is 2.37. The molecule has 82 valence electrons. The van der Waals surface area contributed by atoms with Gasteiger partial charge in [0.25, 0.3) is 0 Å². The molecule has 1 heterocycles. The molecule has 0 aliphatic carbocycles. The minimum absolute atomic E-state index is 0.670. The normalized spacial score (nSPS) is 24.6. The van der Waals surface area contributed by atoms with Gasteiger partial charge < -0.3 is 9.84 Å². The molecule has 1 unspecified atom stereocenters. The maximum absolute atomic E-state index is 9.91. The minimum atomic E-state index is -1.00. The molecule has 1 aliphatic heterocycles. The van der Waals surface area contributed by atoms with Crippen LogP contribution in [0.15, 0.2) is 6.07 Å². The number of ether oxygens (including phenoxy) is 1. The summed E-state index contributed by atoms with van der Waals surface area (Å²) in [5, 5.41) is 9.91. The van der Waals surface area contributed by atoms with E-state index in [-0.39, 0.29) is 0 Å². The summed E-state index contributed by atoms with van der Waals surface area (Å²) in [5.41, 5.74) is 4.90. The summed E-state index contributed by atoms with van der Waals surface area (Å²) in [4.78, 5) is 0. The van der Waals surface area contributed by atoms with E-state index < -0.39 is 5.79 Å². The highest BCUT2D eigenvalue weighted by Gasteiger charge is 2.30. The maximum atomic E-state index is 9.91. The number of rotatable bonds is 0. The van der Waals surface area contributed by atoms with Gasteiger partial charge in [0.15, 0.2) is 0 Å². The van der Waals surface area contributed by atoms with E-state index in [0.717, 1.165) is 17.7 Å². The summed E-state index contributed by atoms with van der Waals surface area (Å²) in [5.74, 6) is -0.110. The standard InChI is InChI=1S/C13H18O2/c1-8-7-9(2)11-5-6-13(4,14)15-12(11)10(8)3/h7,14H,5-6H2,1-4H3. The minimum Gasteiger partial charge on any atom is -0.462 e. The lowest BCUT2D eigenvalue weighted by molar-refractivity contribution is -0.134. The lowest BCUT2D eigenvalue weighted by Gasteiger charge is -2.33. The summed E-state index contributed by atoms with van der Waals surface area (Å²) in [6, 6.07) is 2.19. The first kappa shape index (κ1) is 10.5. The zero-order chi connectivity index (χ0) is 11.2. The zero-order valence-corrected chi connectivity index (χ0v) is 9.85. The van der Waals surface area contributed by atoms with Crippen LogP contribution in [-0.2, 0) is 6.42 Å². The number of benzene rings is 1. The van der Waals surface area contributed by atoms with Crippen LogP contribution in [0, 0.1) is 20.8 Å². The van der Waals surface area contributed by atoms with Gasteiger partial charge in [0, 0.05) is 13.3 Å². The van der Waals surface area contributed by atoms with Crippen molar-refractivity contribution in [3.05, 3.63) is 28.3 Å². The second-order valence-corrected chi connectivity index (χ2v) is 4.72. The quantitative estimate of drug-likeness (QED) is 0.707. The number of hydrogen-bond acceptors (Lipinski definition) is 2. The Morgan fingerprint density at radius 1 is 1.27 bits per heavy atom. The first-order chi connectivity index (χ1) is 6.91. The fourth-order valence-electron chi connectivity index (χ4n) is 2.18. The molecule has 0 saturated heterocycles. The number of fused-ring (bicyclic) bond motifs is 1. The van der Waals surface area contributed by atoms with Gasteiger partial charge in [-0.2, -0.15) is 0 Å². The molecule has 1 N–H and O–H groups in total. The van der Waals surface area contributed by atoms with Crippen molar-refractivity contribution < 1.29 is 9.84 Å². The third-order valence-corrected chi connectivity index (χ3v) is 3.28. The third kappa shape index (κ3) is 1.74. The number of hydrogen-bond donors (Lipinski definition) is 1. The van der Waals surface area contributed by atoms with Gasteiger partial charge in [0.2, 0.25) is 5.79 Å². The summed E-state index contributed by atoms with van der Waals surface area (Å²) in [6.45, 7) is 7.96. The smallest absolute Gasteiger partial charge is 0.205 e. The molecule has 0 spiro atoms. The molecule has 0 aromatic heterocycles. The Hall–Kier alpha value is -1.02. The summed E-state index contributed by atoms with van der Waals surface area (Å²) in [6.07, 6.45) is 1.57. The largest absolute Gasteiger partial charge is 0.462 e. The molecular weight excluding hydrogens is 188 g/mol. The van der Waals surface area contributed by atoms with Crippen molar-refractivity contribution >= 4 is 0 Å². The molecule has 0 saturated carbocycles. The van der Waals surface area contributed by atoms with E-state index in [1.807, 2.05) is 0 Å². The molecule has 1 aliphatic rings. The van der Waals surface area contributed by atoms with Gasteiger partial charge in [-0.05, 0) is 49.4 Å². The van der Waals surface area contributed by atoms with E-state index in [1.165, 1.54) is 16.7 Å². The average molecular weight is 206 g/mol. The van der Waals surface area contributed by atoms with Crippen LogP contribution in [-0.4, -0.2) is 10.9 Å². The molecule has 0 radical (unpaired) electrons. The average Bonchev–Trinajstić information content (AvgIpc) is 2.13. The van der Waals surface area contributed by atoms with Gasteiger partial charge >= 0.3 is 0 Å². The van der Waals surface area contributed by atoms with Crippen LogP contribution < -0.4 is 4.74 Å². The van der Waals surface area contributed by atoms with E-state index >= 15 is 0 Å². The monoisotopic (exact) mass is 206 g/mol. The molecule has 2 heteroatoms. The Morgan fingerprint density at radius 3 is 2.60 bits per heavy atom. The van der Waals surface area contributed by atoms with Crippen molar-refractivity contribution in [3.8, 4) is 5.75 Å². The Balaban J connectivity index is 2.58. The predicted octanol–water partition coefficient (Wildman–Crippen LogP) is 2.65. The van der Waals surface area contributed by atoms with Crippen LogP contribution in [0.4, 0.5) is 0 Å². The summed E-state index contributed by atoms with van der Waals surface area (Å²) in [7, 11) is 0. The van der Waals surface area contributed by atoms with Crippen LogP contribution in [0.3, 0.4) is 0 Å². The van der Waals surface area contributed by atoms with Crippen molar-refractivity contribution in [2.75, 3.05) is 0 Å². The van der Waals surface area contributed by atoms with Crippen molar-refractivity contribution in [2.24, 2.45) is 0 Å². The second kappa shape index (κ2) is 3.24. The van der Waals surface area contributed by atoms with Crippen LogP contribution in [0.25, 0.3) is 0 Å². The second-order valence-electron chi connectivity index (χ2n) is 4.72. The third-order valence-electron chi connectivity index (χ3n) is 3.28. The van der Waals surface area contributed by atoms with E-state index in [0.29, 0.717) is 6.42 Å². The van der Waals surface area contributed by atoms with Crippen molar-refractivity contribution in [1.29, 1.82) is 0 Å². The Bertz CT molecular complexity index is 405. The highest BCUT2D eigenvalue weighted by molar-refractivity contribution is 5.50. The van der Waals surface area contributed by atoms with Crippen molar-refractivity contribution in [3.63, 3.8) is 0 Å². The SMILES string of the molecule is Cc1cc(C)c2c(c1C)OC(C)(O)CC2. The van der Waals surface area contributed by atoms with Gasteiger partial charge in [0.1, 0.15) is 5.75 Å². The van der Waals surface area contributed by atoms with Crippen LogP contribution in [0.1, 0.15) is 35.6 Å². The molecule has 0 bridgehead atoms. The zero-order valence-electron chi connectivity index (χ0n) is 9.85. The topological polar surface area (TPSA) is 29.5 Å². The van der Waals surface area contributed by atoms with E-state index in [9.17, 15) is 5.11 Å². The Labute approximate surface area is 90.9 Å². The summed E-state index contributed by atoms with van der Waals surface area (Å²) >= 11 is 0. The molecule has 0 amide bonds. The lowest BCUT2D eigenvalue weighted by Crippen LogP contribution is -2.36. The molecule has 1 aromatic carbocycles. The number of aryl methyl sites for hydroxylation is 2. The fourth-order valence-corrected chi connectivity index (χ4v) is 2.18. The molecule has 1 aromatic rings. The van der Waals surface area contributed by atoms with Crippen LogP contribution in [0.5, 0.6) is 5.75 Å². The van der Waals surface area contributed by atoms with Crippen LogP contribution in [0.2, 0.25) is 0 Å². The first-order valence-electron chi connectivity index (χ1n) is 5.42. The highest BCUT2D eigenvalue weighted by atomic mass is 16.6. The summed E-state index contributed by atoms with van der Waals surface area (Å²) < 4.78 is 5.67. The van der Waals surface area contributed by atoms with Gasteiger partial charge in [-0.3, -0.25) is 0 Å². The Kier molecular flexibility index (Phi) is 2.27. The lowest BCUT2D eigenvalue weighted by atomic mass is 9.92. The van der Waals surface area contributed by atoms with Crippen molar-refractivity contribution in [2.45, 2.75) is 46.3 Å². The number of aliphatic hydroxyl groups is 1. The van der Waals surface area contributed by atoms with Gasteiger partial charge in [-0.1, -0.05) is 6.07 Å². The molecule has 0 fully saturated rings. The molecule has 1 atom stereocenters. The van der Waals surface area contributed by atoms with Gasteiger partial charge in [0.05, 0.1) is 0 Å². The first-order valence-corrected chi connectivity index (χ1v) is 5.42. The van der Waals surface area contributed by atoms with Crippen molar-refractivity contribution in [1.82, 2.24) is 0 Å². The van der Waals surface area contributed by atoms with E-state index in [4.69, 9.17) is 4.74 Å². The fraction of sp³-hybridized carbons (Fsp3) is 0.538. The molecule has 2 rings (SSSR count). The molecular formula is C13H18O2. The van der Waals surface area contributed by atoms with E-state index in [2.05, 4.69) is 26.8 Å². The maximum Gasteiger partial charge on any atom is 0.205 e. The Morgan fingerprint density at radius 2 is 1.93 bits per heavy atom. The van der Waals surface area contributed by atoms with Gasteiger partial charge in [-0.15, -0.1) is 0 Å². The molecule has 2 nitrogen and oxygen atoms in total. The van der Waals surface area contributed by atoms with Gasteiger partial charge in [-0.25, -0.2) is 0 Å². The molecule has 15 heavy (non-hydrogen) atoms. The van der Waals surface area contributed by atoms with Crippen LogP contribution >= 0.6 is 0 Å². The van der Waals surface area contributed by atoms with E-state index in [1.54, 1.807) is 6.92 Å². The predicted molar refractivity (Wildman–Crippen MR) is 60.2 cm³/mol.